The molecule has 0 saturated carbocycles. The number of phenolic OH excluding ortho intramolecular Hbond substituents is 1. The van der Waals surface area contributed by atoms with E-state index in [1.807, 2.05) is 0 Å². The van der Waals surface area contributed by atoms with E-state index in [-0.39, 0.29) is 18.1 Å². The van der Waals surface area contributed by atoms with E-state index in [1.165, 1.54) is 57.1 Å². The number of hydrogen-bond acceptors (Lipinski definition) is 3. The lowest BCUT2D eigenvalue weighted by molar-refractivity contribution is -0.141. The first-order valence-corrected chi connectivity index (χ1v) is 10.3. The Hall–Kier alpha value is -2.04. The largest absolute Gasteiger partial charge is 0.508 e. The third-order valence-electron chi connectivity index (χ3n) is 4.77. The summed E-state index contributed by atoms with van der Waals surface area (Å²) >= 11 is 0. The van der Waals surface area contributed by atoms with Gasteiger partial charge in [0.05, 0.1) is 0 Å². The maximum Gasteiger partial charge on any atom is 0.326 e. The van der Waals surface area contributed by atoms with Gasteiger partial charge in [-0.15, -0.1) is 0 Å². The van der Waals surface area contributed by atoms with Crippen molar-refractivity contribution in [3.63, 3.8) is 0 Å². The Balaban J connectivity index is 2.15. The second-order valence-corrected chi connectivity index (χ2v) is 7.26. The van der Waals surface area contributed by atoms with Crippen molar-refractivity contribution in [2.24, 2.45) is 0 Å². The Labute approximate surface area is 163 Å². The minimum Gasteiger partial charge on any atom is -0.508 e. The number of carboxylic acids is 1. The highest BCUT2D eigenvalue weighted by Gasteiger charge is 2.20. The molecule has 0 aliphatic heterocycles. The molecule has 0 saturated heterocycles. The zero-order chi connectivity index (χ0) is 19.9. The minimum atomic E-state index is -1.04. The number of carbonyl (C=O) groups is 2. The summed E-state index contributed by atoms with van der Waals surface area (Å²) in [6.07, 6.45) is 12.6. The van der Waals surface area contributed by atoms with Crippen LogP contribution >= 0.6 is 0 Å². The Morgan fingerprint density at radius 2 is 1.41 bits per heavy atom. The van der Waals surface area contributed by atoms with Crippen LogP contribution in [-0.2, 0) is 16.0 Å². The number of hydrogen-bond donors (Lipinski definition) is 3. The van der Waals surface area contributed by atoms with Gasteiger partial charge in [0.15, 0.2) is 0 Å². The first kappa shape index (κ1) is 23.0. The lowest BCUT2D eigenvalue weighted by Crippen LogP contribution is -2.42. The summed E-state index contributed by atoms with van der Waals surface area (Å²) in [4.78, 5) is 23.4. The predicted octanol–water partition coefficient (Wildman–Crippen LogP) is 4.82. The monoisotopic (exact) mass is 377 g/mol. The van der Waals surface area contributed by atoms with Crippen molar-refractivity contribution < 1.29 is 19.8 Å². The summed E-state index contributed by atoms with van der Waals surface area (Å²) in [7, 11) is 0. The fourth-order valence-corrected chi connectivity index (χ4v) is 3.11. The van der Waals surface area contributed by atoms with Crippen LogP contribution in [0.3, 0.4) is 0 Å². The Morgan fingerprint density at radius 1 is 0.889 bits per heavy atom. The van der Waals surface area contributed by atoms with Crippen LogP contribution in [0.5, 0.6) is 5.75 Å². The third kappa shape index (κ3) is 11.3. The molecular formula is C22H35NO4. The van der Waals surface area contributed by atoms with Crippen molar-refractivity contribution >= 4 is 11.9 Å². The number of benzene rings is 1. The molecule has 0 spiro atoms. The molecule has 0 heterocycles. The number of amides is 1. The van der Waals surface area contributed by atoms with Gasteiger partial charge in [0.2, 0.25) is 5.91 Å². The quantitative estimate of drug-likeness (QED) is 0.383. The molecule has 0 aromatic heterocycles. The number of nitrogens with one attached hydrogen (secondary N) is 1. The molecule has 1 aromatic rings. The van der Waals surface area contributed by atoms with Gasteiger partial charge in [-0.2, -0.15) is 0 Å². The van der Waals surface area contributed by atoms with Crippen molar-refractivity contribution in [1.82, 2.24) is 5.32 Å². The molecule has 1 aromatic carbocycles. The van der Waals surface area contributed by atoms with Gasteiger partial charge < -0.3 is 15.5 Å². The maximum absolute atomic E-state index is 12.0. The van der Waals surface area contributed by atoms with Crippen LogP contribution in [0.2, 0.25) is 0 Å². The van der Waals surface area contributed by atoms with Crippen LogP contribution in [0.15, 0.2) is 24.3 Å². The van der Waals surface area contributed by atoms with Gasteiger partial charge >= 0.3 is 5.97 Å². The molecule has 1 rings (SSSR count). The maximum atomic E-state index is 12.0. The van der Waals surface area contributed by atoms with Crippen LogP contribution in [0, 0.1) is 0 Å². The summed E-state index contributed by atoms with van der Waals surface area (Å²) in [5, 5.41) is 21.2. The van der Waals surface area contributed by atoms with E-state index >= 15 is 0 Å². The lowest BCUT2D eigenvalue weighted by atomic mass is 10.0. The van der Waals surface area contributed by atoms with E-state index in [2.05, 4.69) is 12.2 Å². The van der Waals surface area contributed by atoms with Crippen LogP contribution < -0.4 is 5.32 Å². The van der Waals surface area contributed by atoms with E-state index in [1.54, 1.807) is 12.1 Å². The highest BCUT2D eigenvalue weighted by Crippen LogP contribution is 2.13. The topological polar surface area (TPSA) is 86.6 Å². The molecule has 1 amide bonds. The Bertz CT molecular complexity index is 542. The van der Waals surface area contributed by atoms with Crippen molar-refractivity contribution in [3.8, 4) is 5.75 Å². The highest BCUT2D eigenvalue weighted by atomic mass is 16.4. The van der Waals surface area contributed by atoms with Crippen LogP contribution in [0.4, 0.5) is 0 Å². The van der Waals surface area contributed by atoms with Gasteiger partial charge in [-0.25, -0.2) is 4.79 Å². The van der Waals surface area contributed by atoms with Crippen molar-refractivity contribution in [2.45, 2.75) is 90.0 Å². The van der Waals surface area contributed by atoms with E-state index in [0.717, 1.165) is 24.8 Å². The summed E-state index contributed by atoms with van der Waals surface area (Å²) in [6, 6.07) is 5.42. The zero-order valence-electron chi connectivity index (χ0n) is 16.6. The molecule has 0 unspecified atom stereocenters. The zero-order valence-corrected chi connectivity index (χ0v) is 16.6. The standard InChI is InChI=1S/C22H35NO4/c1-2-3-4-5-6-7-8-9-10-11-12-21(25)23-20(22(26)27)17-18-13-15-19(24)16-14-18/h13-16,20,24H,2-12,17H2,1H3,(H,23,25)(H,26,27)/t20-/m0/s1. The smallest absolute Gasteiger partial charge is 0.326 e. The van der Waals surface area contributed by atoms with Crippen LogP contribution in [-0.4, -0.2) is 28.1 Å². The SMILES string of the molecule is CCCCCCCCCCCCC(=O)N[C@@H](Cc1ccc(O)cc1)C(=O)O. The number of unbranched alkanes of at least 4 members (excludes halogenated alkanes) is 9. The Morgan fingerprint density at radius 3 is 1.93 bits per heavy atom. The van der Waals surface area contributed by atoms with E-state index in [4.69, 9.17) is 0 Å². The summed E-state index contributed by atoms with van der Waals surface area (Å²) in [6.45, 7) is 2.22. The third-order valence-corrected chi connectivity index (χ3v) is 4.77. The molecule has 0 aliphatic rings. The second-order valence-electron chi connectivity index (χ2n) is 7.26. The molecule has 5 nitrogen and oxygen atoms in total. The highest BCUT2D eigenvalue weighted by molar-refractivity contribution is 5.83. The summed E-state index contributed by atoms with van der Waals surface area (Å²) < 4.78 is 0. The van der Waals surface area contributed by atoms with Gasteiger partial charge in [0.1, 0.15) is 11.8 Å². The van der Waals surface area contributed by atoms with Gasteiger partial charge in [0.25, 0.3) is 0 Å². The molecule has 0 bridgehead atoms. The number of carboxylic acid groups (broad SMARTS) is 1. The summed E-state index contributed by atoms with van der Waals surface area (Å²) in [5.41, 5.74) is 0.763. The number of aromatic hydroxyl groups is 1. The van der Waals surface area contributed by atoms with Crippen molar-refractivity contribution in [1.29, 1.82) is 0 Å². The average molecular weight is 378 g/mol. The molecule has 5 heteroatoms. The Kier molecular flexibility index (Phi) is 12.0. The number of rotatable bonds is 15. The van der Waals surface area contributed by atoms with E-state index in [9.17, 15) is 19.8 Å². The molecule has 0 fully saturated rings. The fourth-order valence-electron chi connectivity index (χ4n) is 3.11. The molecule has 1 atom stereocenters. The van der Waals surface area contributed by atoms with Crippen LogP contribution in [0.25, 0.3) is 0 Å². The van der Waals surface area contributed by atoms with Gasteiger partial charge in [-0.1, -0.05) is 76.8 Å². The average Bonchev–Trinajstić information content (AvgIpc) is 2.64. The normalized spacial score (nSPS) is 11.9. The molecule has 0 aliphatic carbocycles. The van der Waals surface area contributed by atoms with Crippen molar-refractivity contribution in [3.05, 3.63) is 29.8 Å². The minimum absolute atomic E-state index is 0.135. The number of carbonyl (C=O) groups excluding carboxylic acids is 1. The lowest BCUT2D eigenvalue weighted by Gasteiger charge is -2.14. The molecule has 27 heavy (non-hydrogen) atoms. The van der Waals surface area contributed by atoms with Gasteiger partial charge in [-0.3, -0.25) is 4.79 Å². The van der Waals surface area contributed by atoms with Gasteiger partial charge in [0, 0.05) is 12.8 Å². The second kappa shape index (κ2) is 14.1. The summed E-state index contributed by atoms with van der Waals surface area (Å²) in [5.74, 6) is -1.11. The molecule has 152 valence electrons. The van der Waals surface area contributed by atoms with E-state index < -0.39 is 12.0 Å². The van der Waals surface area contributed by atoms with Crippen LogP contribution in [0.1, 0.15) is 83.1 Å². The molecule has 3 N–H and O–H groups in total. The first-order valence-electron chi connectivity index (χ1n) is 10.3. The number of aliphatic carboxylic acids is 1. The van der Waals surface area contributed by atoms with E-state index in [0.29, 0.717) is 6.42 Å². The number of phenols is 1. The molecular weight excluding hydrogens is 342 g/mol. The first-order chi connectivity index (χ1) is 13.0. The fraction of sp³-hybridized carbons (Fsp3) is 0.636. The van der Waals surface area contributed by atoms with Crippen molar-refractivity contribution in [2.75, 3.05) is 0 Å². The predicted molar refractivity (Wildman–Crippen MR) is 108 cm³/mol. The molecule has 0 radical (unpaired) electrons. The van der Waals surface area contributed by atoms with Gasteiger partial charge in [-0.05, 0) is 24.1 Å².